The molecule has 1 aliphatic heterocycles. The maximum absolute atomic E-state index is 6.01. The van der Waals surface area contributed by atoms with Crippen LogP contribution in [0.4, 0.5) is 0 Å². The predicted octanol–water partition coefficient (Wildman–Crippen LogP) is 2.91. The van der Waals surface area contributed by atoms with Gasteiger partial charge in [0.1, 0.15) is 4.33 Å². The van der Waals surface area contributed by atoms with Gasteiger partial charge in [-0.1, -0.05) is 6.92 Å². The van der Waals surface area contributed by atoms with Gasteiger partial charge in [0.05, 0.1) is 0 Å². The molecule has 3 unspecified atom stereocenters. The summed E-state index contributed by atoms with van der Waals surface area (Å²) in [7, 11) is 0. The first-order valence-electron chi connectivity index (χ1n) is 5.11. The minimum Gasteiger partial charge on any atom is -0.300 e. The van der Waals surface area contributed by atoms with Gasteiger partial charge < -0.3 is 0 Å². The number of hydrogen-bond acceptors (Lipinski definition) is 1. The number of likely N-dealkylation sites (tertiary alicyclic amines) is 1. The molecule has 0 spiro atoms. The summed E-state index contributed by atoms with van der Waals surface area (Å²) >= 11 is 12.0. The summed E-state index contributed by atoms with van der Waals surface area (Å²) in [6.07, 6.45) is 2.30. The first-order chi connectivity index (χ1) is 5.99. The Kier molecular flexibility index (Phi) is 2.55. The van der Waals surface area contributed by atoms with Gasteiger partial charge in [0.2, 0.25) is 0 Å². The van der Waals surface area contributed by atoms with E-state index in [0.29, 0.717) is 5.92 Å². The first kappa shape index (κ1) is 10.1. The molecule has 13 heavy (non-hydrogen) atoms. The minimum atomic E-state index is -0.397. The highest BCUT2D eigenvalue weighted by Gasteiger charge is 2.52. The summed E-state index contributed by atoms with van der Waals surface area (Å²) in [5.41, 5.74) is 0. The van der Waals surface area contributed by atoms with Crippen molar-refractivity contribution < 1.29 is 0 Å². The second-order valence-electron chi connectivity index (χ2n) is 4.81. The SMILES string of the molecule is CC1CC(C)N(CC2CC2(Cl)Cl)C1. The average molecular weight is 222 g/mol. The third-order valence-corrected chi connectivity index (χ3v) is 4.25. The molecule has 1 saturated carbocycles. The molecule has 1 heterocycles. The monoisotopic (exact) mass is 221 g/mol. The van der Waals surface area contributed by atoms with Crippen molar-refractivity contribution in [2.45, 2.75) is 37.1 Å². The van der Waals surface area contributed by atoms with Crippen LogP contribution in [0.5, 0.6) is 0 Å². The normalized spacial score (nSPS) is 43.8. The number of alkyl halides is 2. The molecular formula is C10H17Cl2N. The van der Waals surface area contributed by atoms with Crippen LogP contribution in [0.25, 0.3) is 0 Å². The van der Waals surface area contributed by atoms with Gasteiger partial charge in [-0.2, -0.15) is 0 Å². The highest BCUT2D eigenvalue weighted by molar-refractivity contribution is 6.50. The Morgan fingerprint density at radius 3 is 2.38 bits per heavy atom. The molecule has 3 heteroatoms. The zero-order valence-electron chi connectivity index (χ0n) is 8.26. The van der Waals surface area contributed by atoms with E-state index >= 15 is 0 Å². The molecule has 2 aliphatic rings. The van der Waals surface area contributed by atoms with Crippen LogP contribution in [0.1, 0.15) is 26.7 Å². The van der Waals surface area contributed by atoms with Crippen molar-refractivity contribution in [3.63, 3.8) is 0 Å². The fourth-order valence-electron chi connectivity index (χ4n) is 2.39. The second kappa shape index (κ2) is 3.29. The molecule has 0 N–H and O–H groups in total. The van der Waals surface area contributed by atoms with Crippen molar-refractivity contribution in [1.29, 1.82) is 0 Å². The quantitative estimate of drug-likeness (QED) is 0.649. The maximum Gasteiger partial charge on any atom is 0.122 e. The molecule has 0 aromatic heterocycles. The average Bonchev–Trinajstić information content (AvgIpc) is 2.43. The third kappa shape index (κ3) is 2.14. The Morgan fingerprint density at radius 1 is 1.38 bits per heavy atom. The van der Waals surface area contributed by atoms with Gasteiger partial charge in [0.25, 0.3) is 0 Å². The van der Waals surface area contributed by atoms with E-state index in [4.69, 9.17) is 23.2 Å². The van der Waals surface area contributed by atoms with E-state index in [1.54, 1.807) is 0 Å². The molecule has 3 atom stereocenters. The van der Waals surface area contributed by atoms with Crippen LogP contribution in [0.15, 0.2) is 0 Å². The fourth-order valence-corrected chi connectivity index (χ4v) is 2.90. The van der Waals surface area contributed by atoms with E-state index < -0.39 is 4.33 Å². The van der Waals surface area contributed by atoms with Gasteiger partial charge in [0, 0.05) is 25.0 Å². The standard InChI is InChI=1S/C10H17Cl2N/c1-7-3-8(2)13(5-7)6-9-4-10(9,11)12/h7-9H,3-6H2,1-2H3. The molecule has 0 bridgehead atoms. The highest BCUT2D eigenvalue weighted by Crippen LogP contribution is 2.53. The molecule has 0 radical (unpaired) electrons. The Morgan fingerprint density at radius 2 is 2.00 bits per heavy atom. The lowest BCUT2D eigenvalue weighted by molar-refractivity contribution is 0.254. The number of nitrogens with zero attached hydrogens (tertiary/aromatic N) is 1. The smallest absolute Gasteiger partial charge is 0.122 e. The molecule has 0 amide bonds. The van der Waals surface area contributed by atoms with E-state index in [0.717, 1.165) is 24.9 Å². The van der Waals surface area contributed by atoms with Crippen molar-refractivity contribution in [3.8, 4) is 0 Å². The molecule has 1 saturated heterocycles. The Balaban J connectivity index is 1.83. The molecule has 0 aromatic carbocycles. The fraction of sp³-hybridized carbons (Fsp3) is 1.00. The van der Waals surface area contributed by atoms with Gasteiger partial charge in [-0.25, -0.2) is 0 Å². The Bertz CT molecular complexity index is 205. The van der Waals surface area contributed by atoms with E-state index in [1.807, 2.05) is 0 Å². The summed E-state index contributed by atoms with van der Waals surface area (Å²) in [6, 6.07) is 0.722. The maximum atomic E-state index is 6.01. The van der Waals surface area contributed by atoms with Crippen LogP contribution in [0.2, 0.25) is 0 Å². The van der Waals surface area contributed by atoms with Crippen LogP contribution in [-0.4, -0.2) is 28.4 Å². The third-order valence-electron chi connectivity index (χ3n) is 3.32. The topological polar surface area (TPSA) is 3.24 Å². The van der Waals surface area contributed by atoms with Gasteiger partial charge in [-0.05, 0) is 25.7 Å². The van der Waals surface area contributed by atoms with Gasteiger partial charge in [-0.15, -0.1) is 23.2 Å². The van der Waals surface area contributed by atoms with Crippen LogP contribution in [0.3, 0.4) is 0 Å². The van der Waals surface area contributed by atoms with Crippen molar-refractivity contribution >= 4 is 23.2 Å². The van der Waals surface area contributed by atoms with Crippen LogP contribution in [-0.2, 0) is 0 Å². The Hall–Kier alpha value is 0.540. The largest absolute Gasteiger partial charge is 0.300 e. The molecule has 0 aromatic rings. The summed E-state index contributed by atoms with van der Waals surface area (Å²) in [5.74, 6) is 1.36. The summed E-state index contributed by atoms with van der Waals surface area (Å²) in [6.45, 7) is 6.94. The zero-order chi connectivity index (χ0) is 9.64. The molecule has 1 nitrogen and oxygen atoms in total. The van der Waals surface area contributed by atoms with Gasteiger partial charge in [-0.3, -0.25) is 4.90 Å². The van der Waals surface area contributed by atoms with Gasteiger partial charge in [0.15, 0.2) is 0 Å². The summed E-state index contributed by atoms with van der Waals surface area (Å²) in [4.78, 5) is 2.53. The molecule has 76 valence electrons. The van der Waals surface area contributed by atoms with Crippen molar-refractivity contribution in [2.75, 3.05) is 13.1 Å². The minimum absolute atomic E-state index is 0.397. The highest BCUT2D eigenvalue weighted by atomic mass is 35.5. The van der Waals surface area contributed by atoms with Crippen molar-refractivity contribution in [1.82, 2.24) is 4.90 Å². The number of halogens is 2. The van der Waals surface area contributed by atoms with Crippen LogP contribution < -0.4 is 0 Å². The lowest BCUT2D eigenvalue weighted by Gasteiger charge is -2.20. The lowest BCUT2D eigenvalue weighted by atomic mass is 10.1. The Labute approximate surface area is 90.4 Å². The molecular weight excluding hydrogens is 205 g/mol. The summed E-state index contributed by atoms with van der Waals surface area (Å²) in [5, 5.41) is 0. The predicted molar refractivity (Wildman–Crippen MR) is 57.4 cm³/mol. The van der Waals surface area contributed by atoms with Crippen LogP contribution >= 0.6 is 23.2 Å². The number of rotatable bonds is 2. The molecule has 1 aliphatic carbocycles. The first-order valence-corrected chi connectivity index (χ1v) is 5.86. The van der Waals surface area contributed by atoms with E-state index in [2.05, 4.69) is 18.7 Å². The van der Waals surface area contributed by atoms with Crippen molar-refractivity contribution in [2.24, 2.45) is 11.8 Å². The van der Waals surface area contributed by atoms with E-state index in [-0.39, 0.29) is 0 Å². The molecule has 2 fully saturated rings. The van der Waals surface area contributed by atoms with Crippen molar-refractivity contribution in [3.05, 3.63) is 0 Å². The zero-order valence-corrected chi connectivity index (χ0v) is 9.78. The number of hydrogen-bond donors (Lipinski definition) is 0. The molecule has 2 rings (SSSR count). The van der Waals surface area contributed by atoms with E-state index in [9.17, 15) is 0 Å². The van der Waals surface area contributed by atoms with Gasteiger partial charge >= 0.3 is 0 Å². The van der Waals surface area contributed by atoms with E-state index in [1.165, 1.54) is 13.0 Å². The lowest BCUT2D eigenvalue weighted by Crippen LogP contribution is -2.30. The summed E-state index contributed by atoms with van der Waals surface area (Å²) < 4.78 is -0.397. The second-order valence-corrected chi connectivity index (χ2v) is 6.35. The van der Waals surface area contributed by atoms with Crippen LogP contribution in [0, 0.1) is 11.8 Å².